The summed E-state index contributed by atoms with van der Waals surface area (Å²) >= 11 is 4.52. The summed E-state index contributed by atoms with van der Waals surface area (Å²) in [4.78, 5) is 25.8. The SMILES string of the molecule is CCNc1nc(C(=O)NN=CC(Br)=Cc2ccc([N+](=O)[O-])o2)cs1. The Balaban J connectivity index is 1.92. The summed E-state index contributed by atoms with van der Waals surface area (Å²) in [5.41, 5.74) is 2.59. The molecule has 11 heteroatoms. The van der Waals surface area contributed by atoms with Gasteiger partial charge in [0.15, 0.2) is 5.13 Å². The van der Waals surface area contributed by atoms with E-state index >= 15 is 0 Å². The van der Waals surface area contributed by atoms with E-state index in [1.165, 1.54) is 35.8 Å². The van der Waals surface area contributed by atoms with Crippen LogP contribution in [0.15, 0.2) is 31.5 Å². The zero-order valence-electron chi connectivity index (χ0n) is 12.4. The van der Waals surface area contributed by atoms with Crippen molar-refractivity contribution in [1.29, 1.82) is 0 Å². The number of carbonyl (C=O) groups is 1. The standard InChI is InChI=1S/C13H12BrN5O4S/c1-2-15-13-17-10(7-24-13)12(20)18-16-6-8(14)5-9-3-4-11(23-9)19(21)22/h3-7H,2H2,1H3,(H,15,17)(H,18,20). The van der Waals surface area contributed by atoms with Crippen LogP contribution in [0.3, 0.4) is 0 Å². The van der Waals surface area contributed by atoms with Gasteiger partial charge in [-0.2, -0.15) is 5.10 Å². The third-order valence-corrected chi connectivity index (χ3v) is 3.73. The first-order chi connectivity index (χ1) is 11.5. The third kappa shape index (κ3) is 4.99. The zero-order valence-corrected chi connectivity index (χ0v) is 14.8. The van der Waals surface area contributed by atoms with E-state index in [0.29, 0.717) is 9.61 Å². The number of anilines is 1. The Morgan fingerprint density at radius 3 is 3.04 bits per heavy atom. The van der Waals surface area contributed by atoms with E-state index < -0.39 is 10.8 Å². The number of nitrogens with one attached hydrogen (secondary N) is 2. The summed E-state index contributed by atoms with van der Waals surface area (Å²) in [5.74, 6) is -0.520. The van der Waals surface area contributed by atoms with Crippen molar-refractivity contribution in [2.24, 2.45) is 5.10 Å². The molecule has 0 bridgehead atoms. The average Bonchev–Trinajstić information content (AvgIpc) is 3.17. The Bertz CT molecular complexity index is 798. The van der Waals surface area contributed by atoms with E-state index in [0.717, 1.165) is 6.54 Å². The van der Waals surface area contributed by atoms with Gasteiger partial charge in [0.1, 0.15) is 16.4 Å². The largest absolute Gasteiger partial charge is 0.433 e. The third-order valence-electron chi connectivity index (χ3n) is 2.49. The summed E-state index contributed by atoms with van der Waals surface area (Å²) < 4.78 is 5.43. The topological polar surface area (TPSA) is 123 Å². The van der Waals surface area contributed by atoms with Crippen molar-refractivity contribution >= 4 is 56.5 Å². The lowest BCUT2D eigenvalue weighted by Gasteiger charge is -1.96. The number of rotatable bonds is 7. The van der Waals surface area contributed by atoms with Crippen LogP contribution in [0.1, 0.15) is 23.2 Å². The Kier molecular flexibility index (Phi) is 6.21. The molecule has 0 fully saturated rings. The molecule has 24 heavy (non-hydrogen) atoms. The fourth-order valence-electron chi connectivity index (χ4n) is 1.51. The van der Waals surface area contributed by atoms with Crippen molar-refractivity contribution in [2.45, 2.75) is 6.92 Å². The molecule has 0 unspecified atom stereocenters. The molecule has 9 nitrogen and oxygen atoms in total. The van der Waals surface area contributed by atoms with Gasteiger partial charge in [0, 0.05) is 16.4 Å². The summed E-state index contributed by atoms with van der Waals surface area (Å²) in [6.07, 6.45) is 2.80. The lowest BCUT2D eigenvalue weighted by molar-refractivity contribution is -0.402. The number of allylic oxidation sites excluding steroid dienone is 1. The van der Waals surface area contributed by atoms with Crippen LogP contribution in [0.2, 0.25) is 0 Å². The Morgan fingerprint density at radius 1 is 1.58 bits per heavy atom. The maximum absolute atomic E-state index is 11.8. The highest BCUT2D eigenvalue weighted by molar-refractivity contribution is 9.12. The van der Waals surface area contributed by atoms with Crippen LogP contribution >= 0.6 is 27.3 Å². The first-order valence-electron chi connectivity index (χ1n) is 6.63. The zero-order chi connectivity index (χ0) is 17.5. The van der Waals surface area contributed by atoms with Crippen molar-refractivity contribution in [3.63, 3.8) is 0 Å². The van der Waals surface area contributed by atoms with Crippen molar-refractivity contribution in [3.8, 4) is 0 Å². The predicted molar refractivity (Wildman–Crippen MR) is 94.5 cm³/mol. The summed E-state index contributed by atoms with van der Waals surface area (Å²) in [7, 11) is 0. The summed E-state index contributed by atoms with van der Waals surface area (Å²) in [5, 5.41) is 19.6. The van der Waals surface area contributed by atoms with Gasteiger partial charge in [0.2, 0.25) is 0 Å². The number of nitrogens with zero attached hydrogens (tertiary/aromatic N) is 3. The number of furan rings is 1. The van der Waals surface area contributed by atoms with Crippen LogP contribution in [0.4, 0.5) is 11.0 Å². The fraction of sp³-hybridized carbons (Fsp3) is 0.154. The van der Waals surface area contributed by atoms with Gasteiger partial charge in [0.25, 0.3) is 5.91 Å². The van der Waals surface area contributed by atoms with Gasteiger partial charge in [-0.05, 0) is 35.0 Å². The highest BCUT2D eigenvalue weighted by Crippen LogP contribution is 2.19. The molecule has 0 radical (unpaired) electrons. The van der Waals surface area contributed by atoms with E-state index in [1.54, 1.807) is 5.38 Å². The number of thiazole rings is 1. The van der Waals surface area contributed by atoms with Crippen LogP contribution < -0.4 is 10.7 Å². The number of hydrogen-bond acceptors (Lipinski definition) is 8. The molecule has 0 aliphatic heterocycles. The molecule has 0 atom stereocenters. The molecular formula is C13H12BrN5O4S. The molecule has 1 amide bonds. The van der Waals surface area contributed by atoms with Gasteiger partial charge >= 0.3 is 5.88 Å². The molecule has 2 heterocycles. The molecule has 0 saturated heterocycles. The molecule has 0 aromatic carbocycles. The monoisotopic (exact) mass is 413 g/mol. The molecule has 0 aliphatic rings. The fourth-order valence-corrected chi connectivity index (χ4v) is 2.60. The lowest BCUT2D eigenvalue weighted by Crippen LogP contribution is -2.18. The molecule has 2 N–H and O–H groups in total. The lowest BCUT2D eigenvalue weighted by atomic mass is 10.4. The Hall–Kier alpha value is -2.53. The van der Waals surface area contributed by atoms with Gasteiger partial charge < -0.3 is 9.73 Å². The number of hydrazone groups is 1. The molecular weight excluding hydrogens is 402 g/mol. The Labute approximate surface area is 148 Å². The van der Waals surface area contributed by atoms with E-state index in [2.05, 4.69) is 36.8 Å². The maximum atomic E-state index is 11.8. The molecule has 2 aromatic rings. The molecule has 2 aromatic heterocycles. The highest BCUT2D eigenvalue weighted by Gasteiger charge is 2.11. The van der Waals surface area contributed by atoms with E-state index in [9.17, 15) is 14.9 Å². The minimum absolute atomic E-state index is 0.259. The number of aromatic nitrogens is 1. The second-order valence-corrected chi connectivity index (χ2v) is 6.00. The van der Waals surface area contributed by atoms with Crippen molar-refractivity contribution in [1.82, 2.24) is 10.4 Å². The maximum Gasteiger partial charge on any atom is 0.433 e. The van der Waals surface area contributed by atoms with Gasteiger partial charge in [0.05, 0.1) is 12.3 Å². The van der Waals surface area contributed by atoms with Gasteiger partial charge in [-0.3, -0.25) is 14.9 Å². The first kappa shape index (κ1) is 17.8. The van der Waals surface area contributed by atoms with Gasteiger partial charge in [-0.1, -0.05) is 0 Å². The summed E-state index contributed by atoms with van der Waals surface area (Å²) in [6, 6.07) is 2.69. The van der Waals surface area contributed by atoms with E-state index in [1.807, 2.05) is 6.92 Å². The minimum Gasteiger partial charge on any atom is -0.401 e. The van der Waals surface area contributed by atoms with Crippen LogP contribution in [0.25, 0.3) is 6.08 Å². The van der Waals surface area contributed by atoms with Crippen molar-refractivity contribution in [2.75, 3.05) is 11.9 Å². The Morgan fingerprint density at radius 2 is 2.38 bits per heavy atom. The number of carbonyl (C=O) groups excluding carboxylic acids is 1. The normalized spacial score (nSPS) is 11.7. The second-order valence-electron chi connectivity index (χ2n) is 4.23. The molecule has 2 rings (SSSR count). The van der Waals surface area contributed by atoms with Gasteiger partial charge in [-0.15, -0.1) is 11.3 Å². The second kappa shape index (κ2) is 8.36. The minimum atomic E-state index is -0.630. The number of nitro groups is 1. The van der Waals surface area contributed by atoms with E-state index in [4.69, 9.17) is 4.42 Å². The molecule has 0 saturated carbocycles. The van der Waals surface area contributed by atoms with Crippen LogP contribution in [0.5, 0.6) is 0 Å². The number of hydrogen-bond donors (Lipinski definition) is 2. The smallest absolute Gasteiger partial charge is 0.401 e. The summed E-state index contributed by atoms with van der Waals surface area (Å²) in [6.45, 7) is 2.65. The van der Waals surface area contributed by atoms with E-state index in [-0.39, 0.29) is 17.3 Å². The van der Waals surface area contributed by atoms with Crippen LogP contribution in [0, 0.1) is 10.1 Å². The van der Waals surface area contributed by atoms with Crippen molar-refractivity contribution < 1.29 is 14.1 Å². The molecule has 126 valence electrons. The average molecular weight is 414 g/mol. The number of amides is 1. The highest BCUT2D eigenvalue weighted by atomic mass is 79.9. The van der Waals surface area contributed by atoms with Crippen LogP contribution in [-0.4, -0.2) is 28.6 Å². The first-order valence-corrected chi connectivity index (χ1v) is 8.31. The molecule has 0 spiro atoms. The quantitative estimate of drug-likeness (QED) is 0.408. The number of halogens is 1. The predicted octanol–water partition coefficient (Wildman–Crippen LogP) is 3.23. The van der Waals surface area contributed by atoms with Crippen molar-refractivity contribution in [3.05, 3.63) is 43.6 Å². The molecule has 0 aliphatic carbocycles. The van der Waals surface area contributed by atoms with Crippen LogP contribution in [-0.2, 0) is 0 Å². The van der Waals surface area contributed by atoms with Gasteiger partial charge in [-0.25, -0.2) is 10.4 Å².